The number of benzene rings is 2. The van der Waals surface area contributed by atoms with E-state index >= 15 is 0 Å². The largest absolute Gasteiger partial charge is 0.324 e. The van der Waals surface area contributed by atoms with E-state index in [0.717, 1.165) is 30.4 Å². The number of amides is 3. The fourth-order valence-electron chi connectivity index (χ4n) is 5.83. The van der Waals surface area contributed by atoms with Crippen molar-refractivity contribution in [1.29, 1.82) is 0 Å². The Morgan fingerprint density at radius 2 is 1.67 bits per heavy atom. The molecule has 5 rings (SSSR count). The number of hydrogen-bond donors (Lipinski definition) is 1. The van der Waals surface area contributed by atoms with Gasteiger partial charge in [0.2, 0.25) is 17.7 Å². The van der Waals surface area contributed by atoms with Crippen molar-refractivity contribution in [2.24, 2.45) is 23.7 Å². The van der Waals surface area contributed by atoms with E-state index in [1.807, 2.05) is 61.5 Å². The lowest BCUT2D eigenvalue weighted by Crippen LogP contribution is -2.49. The summed E-state index contributed by atoms with van der Waals surface area (Å²) in [6.07, 6.45) is 3.36. The van der Waals surface area contributed by atoms with Crippen molar-refractivity contribution in [3.05, 3.63) is 65.7 Å². The summed E-state index contributed by atoms with van der Waals surface area (Å²) in [7, 11) is 0. The second kappa shape index (κ2) is 7.38. The highest BCUT2D eigenvalue weighted by Crippen LogP contribution is 2.56. The first-order valence-corrected chi connectivity index (χ1v) is 10.8. The Morgan fingerprint density at radius 1 is 1.00 bits per heavy atom. The van der Waals surface area contributed by atoms with Crippen molar-refractivity contribution < 1.29 is 14.4 Å². The van der Waals surface area contributed by atoms with Crippen LogP contribution in [-0.2, 0) is 20.8 Å². The predicted octanol–water partition coefficient (Wildman–Crippen LogP) is 3.58. The molecular formula is C25H26N2O3. The Kier molecular flexibility index (Phi) is 4.69. The summed E-state index contributed by atoms with van der Waals surface area (Å²) < 4.78 is 0. The Labute approximate surface area is 176 Å². The molecule has 2 aromatic rings. The van der Waals surface area contributed by atoms with Crippen molar-refractivity contribution in [3.8, 4) is 0 Å². The molecule has 154 valence electrons. The predicted molar refractivity (Wildman–Crippen MR) is 113 cm³/mol. The second-order valence-corrected chi connectivity index (χ2v) is 9.00. The van der Waals surface area contributed by atoms with Crippen LogP contribution in [0.1, 0.15) is 30.4 Å². The number of aryl methyl sites for hydroxylation is 1. The van der Waals surface area contributed by atoms with Crippen LogP contribution in [0, 0.1) is 30.6 Å². The molecule has 3 aliphatic rings. The second-order valence-electron chi connectivity index (χ2n) is 9.00. The van der Waals surface area contributed by atoms with Gasteiger partial charge >= 0.3 is 0 Å². The van der Waals surface area contributed by atoms with Crippen LogP contribution < -0.4 is 5.32 Å². The first-order chi connectivity index (χ1) is 14.5. The number of likely N-dealkylation sites (tertiary alicyclic amines) is 1. The number of nitrogens with zero attached hydrogens (tertiary/aromatic N) is 1. The van der Waals surface area contributed by atoms with E-state index in [-0.39, 0.29) is 29.6 Å². The highest BCUT2D eigenvalue weighted by atomic mass is 16.2. The highest BCUT2D eigenvalue weighted by Gasteiger charge is 2.62. The third-order valence-electron chi connectivity index (χ3n) is 7.13. The number of hydrogen-bond acceptors (Lipinski definition) is 3. The number of carbonyl (C=O) groups is 3. The molecule has 0 aromatic heterocycles. The summed E-state index contributed by atoms with van der Waals surface area (Å²) in [6, 6.07) is 16.3. The van der Waals surface area contributed by atoms with Gasteiger partial charge in [-0.15, -0.1) is 0 Å². The van der Waals surface area contributed by atoms with Gasteiger partial charge in [0.25, 0.3) is 0 Å². The lowest BCUT2D eigenvalue weighted by Gasteiger charge is -2.27. The summed E-state index contributed by atoms with van der Waals surface area (Å²) in [5.74, 6) is -0.423. The van der Waals surface area contributed by atoms with Crippen LogP contribution in [0.25, 0.3) is 0 Å². The van der Waals surface area contributed by atoms with Gasteiger partial charge in [-0.05, 0) is 61.3 Å². The Balaban J connectivity index is 1.46. The molecule has 2 bridgehead atoms. The molecule has 30 heavy (non-hydrogen) atoms. The van der Waals surface area contributed by atoms with Crippen LogP contribution in [0.2, 0.25) is 0 Å². The smallest absolute Gasteiger partial charge is 0.248 e. The first-order valence-electron chi connectivity index (χ1n) is 10.8. The molecule has 3 amide bonds. The van der Waals surface area contributed by atoms with Crippen LogP contribution in [0.3, 0.4) is 0 Å². The van der Waals surface area contributed by atoms with Crippen LogP contribution in [0.4, 0.5) is 5.69 Å². The molecule has 1 aliphatic heterocycles. The van der Waals surface area contributed by atoms with Crippen LogP contribution in [-0.4, -0.2) is 28.7 Å². The maximum Gasteiger partial charge on any atom is 0.248 e. The molecule has 3 fully saturated rings. The van der Waals surface area contributed by atoms with Crippen molar-refractivity contribution in [3.63, 3.8) is 0 Å². The Morgan fingerprint density at radius 3 is 2.30 bits per heavy atom. The zero-order chi connectivity index (χ0) is 20.8. The van der Waals surface area contributed by atoms with Gasteiger partial charge in [0, 0.05) is 12.1 Å². The van der Waals surface area contributed by atoms with Crippen LogP contribution in [0.5, 0.6) is 0 Å². The zero-order valence-corrected chi connectivity index (χ0v) is 17.1. The van der Waals surface area contributed by atoms with E-state index in [2.05, 4.69) is 5.32 Å². The molecule has 2 saturated carbocycles. The molecule has 1 heterocycles. The Hall–Kier alpha value is -2.95. The standard InChI is InChI=1S/C25H26N2O3/c1-15-6-5-9-19(12-15)26-23(28)20(13-16-7-3-2-4-8-16)27-24(29)21-17-10-11-18(14-17)22(21)25(27)30/h2-9,12,17-18,20-22H,10-11,13-14H2,1H3,(H,26,28)/t17-,18-,20+,21-,22-/m0/s1. The molecule has 0 unspecified atom stereocenters. The molecule has 5 nitrogen and oxygen atoms in total. The average Bonchev–Trinajstić information content (AvgIpc) is 3.41. The number of anilines is 1. The lowest BCUT2D eigenvalue weighted by atomic mass is 9.81. The van der Waals surface area contributed by atoms with Gasteiger partial charge in [-0.2, -0.15) is 0 Å². The van der Waals surface area contributed by atoms with E-state index in [9.17, 15) is 14.4 Å². The van der Waals surface area contributed by atoms with Crippen molar-refractivity contribution >= 4 is 23.4 Å². The van der Waals surface area contributed by atoms with E-state index in [0.29, 0.717) is 23.9 Å². The number of imide groups is 1. The first kappa shape index (κ1) is 19.0. The van der Waals surface area contributed by atoms with Crippen molar-refractivity contribution in [2.75, 3.05) is 5.32 Å². The Bertz CT molecular complexity index is 974. The number of carbonyl (C=O) groups excluding carboxylic acids is 3. The fourth-order valence-corrected chi connectivity index (χ4v) is 5.83. The molecule has 5 heteroatoms. The van der Waals surface area contributed by atoms with E-state index in [4.69, 9.17) is 0 Å². The summed E-state index contributed by atoms with van der Waals surface area (Å²) in [6.45, 7) is 1.96. The normalized spacial score (nSPS) is 28.0. The summed E-state index contributed by atoms with van der Waals surface area (Å²) in [5.41, 5.74) is 2.65. The van der Waals surface area contributed by atoms with Gasteiger partial charge in [0.1, 0.15) is 6.04 Å². The summed E-state index contributed by atoms with van der Waals surface area (Å²) in [4.78, 5) is 41.4. The van der Waals surface area contributed by atoms with Gasteiger partial charge in [-0.25, -0.2) is 0 Å². The molecule has 5 atom stereocenters. The van der Waals surface area contributed by atoms with Gasteiger partial charge in [-0.1, -0.05) is 42.5 Å². The van der Waals surface area contributed by atoms with Gasteiger partial charge < -0.3 is 5.32 Å². The minimum Gasteiger partial charge on any atom is -0.324 e. The van der Waals surface area contributed by atoms with E-state index < -0.39 is 6.04 Å². The molecular weight excluding hydrogens is 376 g/mol. The molecule has 1 saturated heterocycles. The monoisotopic (exact) mass is 402 g/mol. The molecule has 1 N–H and O–H groups in total. The van der Waals surface area contributed by atoms with Gasteiger partial charge in [-0.3, -0.25) is 19.3 Å². The fraction of sp³-hybridized carbons (Fsp3) is 0.400. The van der Waals surface area contributed by atoms with Gasteiger partial charge in [0.05, 0.1) is 11.8 Å². The number of rotatable bonds is 5. The SMILES string of the molecule is Cc1cccc(NC(=O)[C@@H](Cc2ccccc2)N2C(=O)[C@H]3[C@H]4CC[C@@H](C4)[C@@H]3C2=O)c1. The highest BCUT2D eigenvalue weighted by molar-refractivity contribution is 6.10. The molecule has 2 aliphatic carbocycles. The van der Waals surface area contributed by atoms with Gasteiger partial charge in [0.15, 0.2) is 0 Å². The molecule has 0 radical (unpaired) electrons. The number of nitrogens with one attached hydrogen (secondary N) is 1. The summed E-state index contributed by atoms with van der Waals surface area (Å²) in [5, 5.41) is 2.94. The quantitative estimate of drug-likeness (QED) is 0.778. The summed E-state index contributed by atoms with van der Waals surface area (Å²) >= 11 is 0. The minimum absolute atomic E-state index is 0.141. The molecule has 2 aromatic carbocycles. The van der Waals surface area contributed by atoms with E-state index in [1.165, 1.54) is 4.90 Å². The minimum atomic E-state index is -0.835. The van der Waals surface area contributed by atoms with Crippen LogP contribution >= 0.6 is 0 Å². The maximum absolute atomic E-state index is 13.4. The molecule has 0 spiro atoms. The number of fused-ring (bicyclic) bond motifs is 5. The lowest BCUT2D eigenvalue weighted by molar-refractivity contribution is -0.147. The van der Waals surface area contributed by atoms with Crippen molar-refractivity contribution in [2.45, 2.75) is 38.6 Å². The third kappa shape index (κ3) is 3.13. The maximum atomic E-state index is 13.4. The average molecular weight is 402 g/mol. The van der Waals surface area contributed by atoms with Crippen LogP contribution in [0.15, 0.2) is 54.6 Å². The third-order valence-corrected chi connectivity index (χ3v) is 7.13. The topological polar surface area (TPSA) is 66.5 Å². The zero-order valence-electron chi connectivity index (χ0n) is 17.1. The van der Waals surface area contributed by atoms with E-state index in [1.54, 1.807) is 0 Å². The van der Waals surface area contributed by atoms with Crippen molar-refractivity contribution in [1.82, 2.24) is 4.90 Å².